The van der Waals surface area contributed by atoms with Crippen molar-refractivity contribution in [3.8, 4) is 23.2 Å². The number of aromatic nitrogens is 2. The number of halogens is 6. The Hall–Kier alpha value is -7.74. The fourth-order valence-corrected chi connectivity index (χ4v) is 8.67. The Morgan fingerprint density at radius 1 is 0.450 bits per heavy atom. The normalized spacial score (nSPS) is 11.2. The summed E-state index contributed by atoms with van der Waals surface area (Å²) >= 11 is 0. The van der Waals surface area contributed by atoms with Crippen molar-refractivity contribution in [2.45, 2.75) is 162 Å². The molecule has 0 spiro atoms. The van der Waals surface area contributed by atoms with E-state index in [0.717, 1.165) is 70.9 Å². The molecule has 2 N–H and O–H groups in total. The van der Waals surface area contributed by atoms with Crippen LogP contribution in [0.3, 0.4) is 0 Å². The average Bonchev–Trinajstić information content (AvgIpc) is 3.94. The number of benzene rings is 5. The first-order chi connectivity index (χ1) is 38.3. The van der Waals surface area contributed by atoms with Crippen LogP contribution < -0.4 is 0 Å². The van der Waals surface area contributed by atoms with E-state index in [4.69, 9.17) is 4.52 Å². The SMILES string of the molecule is CCCCCCCCCCCc1nc(-c2ccc(CN(Cc3ccc(C(F)(F)F)cc3)C(=O)C(=O)O)cc2)no1.CCCCCCCCc1ccc(C#Cc2ccc(CN(Cc3ccc(C(F)(F)F)cc3)C(=O)C(=O)O)cc2)cc1. The predicted molar refractivity (Wildman–Crippen MR) is 293 cm³/mol. The molecule has 1 aromatic heterocycles. The summed E-state index contributed by atoms with van der Waals surface area (Å²) < 4.78 is 82.4. The van der Waals surface area contributed by atoms with Gasteiger partial charge in [0.2, 0.25) is 11.7 Å². The molecule has 0 atom stereocenters. The number of carbonyl (C=O) groups excluding carboxylic acids is 2. The van der Waals surface area contributed by atoms with E-state index in [1.807, 2.05) is 12.1 Å². The van der Waals surface area contributed by atoms with Crippen LogP contribution in [-0.2, 0) is 70.6 Å². The Kier molecular flexibility index (Phi) is 25.5. The van der Waals surface area contributed by atoms with Gasteiger partial charge in [0.1, 0.15) is 0 Å². The van der Waals surface area contributed by atoms with Crippen LogP contribution in [0.1, 0.15) is 166 Å². The largest absolute Gasteiger partial charge is 0.474 e. The van der Waals surface area contributed by atoms with Crippen molar-refractivity contribution in [3.63, 3.8) is 0 Å². The maximum atomic E-state index is 12.8. The van der Waals surface area contributed by atoms with Gasteiger partial charge in [0.25, 0.3) is 0 Å². The lowest BCUT2D eigenvalue weighted by atomic mass is 10.0. The van der Waals surface area contributed by atoms with Gasteiger partial charge in [0, 0.05) is 49.3 Å². The lowest BCUT2D eigenvalue weighted by Gasteiger charge is -2.21. The molecule has 426 valence electrons. The van der Waals surface area contributed by atoms with E-state index in [-0.39, 0.29) is 26.2 Å². The number of aryl methyl sites for hydroxylation is 2. The van der Waals surface area contributed by atoms with Crippen LogP contribution in [0.25, 0.3) is 11.4 Å². The second-order valence-electron chi connectivity index (χ2n) is 19.8. The molecule has 1 heterocycles. The van der Waals surface area contributed by atoms with Crippen LogP contribution in [-0.4, -0.2) is 53.9 Å². The highest BCUT2D eigenvalue weighted by Crippen LogP contribution is 2.31. The molecule has 0 saturated carbocycles. The van der Waals surface area contributed by atoms with Gasteiger partial charge >= 0.3 is 36.1 Å². The van der Waals surface area contributed by atoms with E-state index < -0.39 is 47.2 Å². The van der Waals surface area contributed by atoms with Gasteiger partial charge < -0.3 is 24.5 Å². The average molecular weight is 1110 g/mol. The molecule has 0 fully saturated rings. The van der Waals surface area contributed by atoms with Gasteiger partial charge in [-0.2, -0.15) is 31.3 Å². The molecule has 80 heavy (non-hydrogen) atoms. The number of unbranched alkanes of at least 4 members (excludes halogenated alkanes) is 13. The number of carboxylic acids is 2. The standard InChI is InChI=1S/C33H34F3NO3.C30H36F3N3O4/c1-2-3-4-5-6-7-8-25-9-11-26(12-10-25)13-14-27-15-17-28(18-16-27)23-37(31(38)32(39)40)24-29-19-21-30(22-20-29)33(34,35)36;1-2-3-4-5-6-7-8-9-10-11-26-34-27(35-40-26)24-16-12-22(13-17-24)20-36(28(37)29(38)39)21-23-14-18-25(19-15-23)30(31,32)33/h9-12,15-22H,2-8,23-24H2,1H3,(H,39,40);12-19H,2-11,20-21H2,1H3,(H,38,39). The highest BCUT2D eigenvalue weighted by atomic mass is 19.4. The van der Waals surface area contributed by atoms with Gasteiger partial charge in [0.05, 0.1) is 11.1 Å². The number of hydrogen-bond acceptors (Lipinski definition) is 7. The summed E-state index contributed by atoms with van der Waals surface area (Å²) in [6.07, 6.45) is 11.5. The molecule has 0 radical (unpaired) electrons. The van der Waals surface area contributed by atoms with Crippen molar-refractivity contribution in [1.29, 1.82) is 0 Å². The Balaban J connectivity index is 0.000000294. The number of aliphatic carboxylic acids is 2. The van der Waals surface area contributed by atoms with Crippen molar-refractivity contribution in [2.24, 2.45) is 0 Å². The first-order valence-electron chi connectivity index (χ1n) is 27.3. The molecule has 6 aromatic rings. The van der Waals surface area contributed by atoms with E-state index in [1.54, 1.807) is 48.5 Å². The van der Waals surface area contributed by atoms with Gasteiger partial charge in [-0.1, -0.05) is 187 Å². The van der Waals surface area contributed by atoms with E-state index >= 15 is 0 Å². The highest BCUT2D eigenvalue weighted by Gasteiger charge is 2.31. The molecule has 0 unspecified atom stereocenters. The Morgan fingerprint density at radius 3 is 1.14 bits per heavy atom. The number of carbonyl (C=O) groups is 4. The highest BCUT2D eigenvalue weighted by molar-refractivity contribution is 6.31. The molecule has 6 rings (SSSR count). The zero-order chi connectivity index (χ0) is 57.9. The summed E-state index contributed by atoms with van der Waals surface area (Å²) in [5, 5.41) is 22.5. The smallest absolute Gasteiger partial charge is 0.416 e. The topological polar surface area (TPSA) is 154 Å². The quantitative estimate of drug-likeness (QED) is 0.0234. The summed E-state index contributed by atoms with van der Waals surface area (Å²) in [7, 11) is 0. The third-order valence-corrected chi connectivity index (χ3v) is 13.2. The van der Waals surface area contributed by atoms with E-state index in [2.05, 4.69) is 48.0 Å². The minimum Gasteiger partial charge on any atom is -0.474 e. The Labute approximate surface area is 464 Å². The van der Waals surface area contributed by atoms with Crippen molar-refractivity contribution < 1.29 is 60.3 Å². The molecule has 0 aliphatic rings. The monoisotopic (exact) mass is 1110 g/mol. The third kappa shape index (κ3) is 22.2. The van der Waals surface area contributed by atoms with E-state index in [9.17, 15) is 55.7 Å². The molecular weight excluding hydrogens is 1040 g/mol. The molecule has 0 aliphatic carbocycles. The minimum atomic E-state index is -4.48. The van der Waals surface area contributed by atoms with Crippen LogP contribution in [0.4, 0.5) is 26.3 Å². The molecular formula is C63H70F6N4O7. The number of nitrogens with zero attached hydrogens (tertiary/aromatic N) is 4. The first-order valence-corrected chi connectivity index (χ1v) is 27.3. The van der Waals surface area contributed by atoms with Gasteiger partial charge in [-0.15, -0.1) is 0 Å². The number of amides is 2. The third-order valence-electron chi connectivity index (χ3n) is 13.2. The predicted octanol–water partition coefficient (Wildman–Crippen LogP) is 15.1. The lowest BCUT2D eigenvalue weighted by Crippen LogP contribution is -2.35. The van der Waals surface area contributed by atoms with Crippen LogP contribution in [0.2, 0.25) is 0 Å². The number of rotatable bonds is 26. The zero-order valence-electron chi connectivity index (χ0n) is 45.4. The van der Waals surface area contributed by atoms with Crippen LogP contribution in [0, 0.1) is 11.8 Å². The second-order valence-corrected chi connectivity index (χ2v) is 19.8. The summed E-state index contributed by atoms with van der Waals surface area (Å²) in [4.78, 5) is 53.9. The molecule has 0 saturated heterocycles. The number of hydrogen-bond donors (Lipinski definition) is 2. The van der Waals surface area contributed by atoms with Crippen molar-refractivity contribution >= 4 is 23.8 Å². The fourth-order valence-electron chi connectivity index (χ4n) is 8.67. The van der Waals surface area contributed by atoms with E-state index in [0.29, 0.717) is 39.5 Å². The summed E-state index contributed by atoms with van der Waals surface area (Å²) in [5.74, 6) is 1.73. The van der Waals surface area contributed by atoms with Gasteiger partial charge in [-0.05, 0) is 95.6 Å². The fraction of sp³-hybridized carbons (Fsp3) is 0.397. The minimum absolute atomic E-state index is 0.0140. The number of carboxylic acid groups (broad SMARTS) is 2. The van der Waals surface area contributed by atoms with Crippen LogP contribution in [0.5, 0.6) is 0 Å². The zero-order valence-corrected chi connectivity index (χ0v) is 45.4. The van der Waals surface area contributed by atoms with Crippen LogP contribution >= 0.6 is 0 Å². The van der Waals surface area contributed by atoms with Gasteiger partial charge in [-0.3, -0.25) is 9.59 Å². The molecule has 0 bridgehead atoms. The van der Waals surface area contributed by atoms with Gasteiger partial charge in [0.15, 0.2) is 0 Å². The van der Waals surface area contributed by atoms with E-state index in [1.165, 1.54) is 113 Å². The number of alkyl halides is 6. The molecule has 0 aliphatic heterocycles. The maximum Gasteiger partial charge on any atom is 0.416 e. The van der Waals surface area contributed by atoms with Crippen molar-refractivity contribution in [1.82, 2.24) is 19.9 Å². The lowest BCUT2D eigenvalue weighted by molar-refractivity contribution is -0.156. The summed E-state index contributed by atoms with van der Waals surface area (Å²) in [6, 6.07) is 30.9. The van der Waals surface area contributed by atoms with Crippen molar-refractivity contribution in [2.75, 3.05) is 0 Å². The molecule has 5 aromatic carbocycles. The first kappa shape index (κ1) is 63.1. The summed E-state index contributed by atoms with van der Waals surface area (Å²) in [6.45, 7) is 4.09. The van der Waals surface area contributed by atoms with Crippen molar-refractivity contribution in [3.05, 3.63) is 177 Å². The molecule has 17 heteroatoms. The Bertz CT molecular complexity index is 2910. The second kappa shape index (κ2) is 32.4. The summed E-state index contributed by atoms with van der Waals surface area (Å²) in [5.41, 5.74) is 4.15. The Morgan fingerprint density at radius 2 is 0.775 bits per heavy atom. The molecule has 11 nitrogen and oxygen atoms in total. The maximum absolute atomic E-state index is 12.8. The van der Waals surface area contributed by atoms with Crippen LogP contribution in [0.15, 0.2) is 126 Å². The molecule has 2 amide bonds. The van der Waals surface area contributed by atoms with Gasteiger partial charge in [-0.25, -0.2) is 9.59 Å².